The van der Waals surface area contributed by atoms with Gasteiger partial charge in [0, 0.05) is 18.2 Å². The third kappa shape index (κ3) is 0.986. The summed E-state index contributed by atoms with van der Waals surface area (Å²) < 4.78 is 12.5. The molecule has 1 aromatic carbocycles. The number of para-hydroxylation sites is 1. The van der Waals surface area contributed by atoms with Gasteiger partial charge in [-0.15, -0.1) is 0 Å². The van der Waals surface area contributed by atoms with Gasteiger partial charge in [-0.1, -0.05) is 18.2 Å². The lowest BCUT2D eigenvalue weighted by molar-refractivity contribution is 0.447. The van der Waals surface area contributed by atoms with Crippen molar-refractivity contribution in [3.63, 3.8) is 0 Å². The number of alkyl halides is 1. The smallest absolute Gasteiger partial charge is 0.0980 e. The molecule has 1 nitrogen and oxygen atoms in total. The molecule has 0 radical (unpaired) electrons. The molecule has 0 bridgehead atoms. The molecule has 64 valence electrons. The highest BCUT2D eigenvalue weighted by Crippen LogP contribution is 2.33. The lowest BCUT2D eigenvalue weighted by Crippen LogP contribution is -2.02. The number of benzene rings is 1. The van der Waals surface area contributed by atoms with Crippen molar-refractivity contribution in [1.29, 1.82) is 0 Å². The fraction of sp³-hybridized carbons (Fsp3) is 0.400. The Labute approximate surface area is 71.6 Å². The summed E-state index contributed by atoms with van der Waals surface area (Å²) in [6, 6.07) is 6.04. The summed E-state index contributed by atoms with van der Waals surface area (Å²) in [5.74, 6) is 0.0694. The van der Waals surface area contributed by atoms with E-state index in [-0.39, 0.29) is 12.6 Å². The van der Waals surface area contributed by atoms with Gasteiger partial charge in [0.1, 0.15) is 0 Å². The van der Waals surface area contributed by atoms with E-state index in [9.17, 15) is 4.39 Å². The van der Waals surface area contributed by atoms with Crippen LogP contribution in [-0.2, 0) is 0 Å². The van der Waals surface area contributed by atoms with E-state index in [2.05, 4.69) is 5.32 Å². The monoisotopic (exact) mass is 165 g/mol. The Bertz CT molecular complexity index is 296. The second-order valence-corrected chi connectivity index (χ2v) is 3.27. The zero-order valence-corrected chi connectivity index (χ0v) is 7.10. The number of halogens is 1. The molecule has 0 aromatic heterocycles. The number of anilines is 1. The summed E-state index contributed by atoms with van der Waals surface area (Å²) in [6.45, 7) is 2.53. The van der Waals surface area contributed by atoms with Crippen LogP contribution in [0, 0.1) is 6.92 Å². The highest BCUT2D eigenvalue weighted by atomic mass is 19.1. The number of nitrogens with one attached hydrogen (secondary N) is 1. The summed E-state index contributed by atoms with van der Waals surface area (Å²) in [5, 5.41) is 3.23. The van der Waals surface area contributed by atoms with Crippen LogP contribution in [0.3, 0.4) is 0 Å². The zero-order valence-electron chi connectivity index (χ0n) is 7.10. The van der Waals surface area contributed by atoms with Gasteiger partial charge in [0.25, 0.3) is 0 Å². The van der Waals surface area contributed by atoms with Crippen LogP contribution in [0.4, 0.5) is 10.1 Å². The largest absolute Gasteiger partial charge is 0.384 e. The van der Waals surface area contributed by atoms with Gasteiger partial charge in [-0.05, 0) is 18.1 Å². The van der Waals surface area contributed by atoms with Crippen molar-refractivity contribution >= 4 is 5.69 Å². The molecule has 0 amide bonds. The molecule has 1 atom stereocenters. The molecule has 1 N–H and O–H groups in total. The standard InChI is InChI=1S/C10H12FN/c1-7-3-2-4-9-8(5-11)6-12-10(7)9/h2-4,8,12H,5-6H2,1H3. The highest BCUT2D eigenvalue weighted by Gasteiger charge is 2.22. The van der Waals surface area contributed by atoms with E-state index in [1.807, 2.05) is 25.1 Å². The van der Waals surface area contributed by atoms with E-state index >= 15 is 0 Å². The lowest BCUT2D eigenvalue weighted by atomic mass is 10.0. The van der Waals surface area contributed by atoms with Gasteiger partial charge < -0.3 is 5.32 Å². The third-order valence-electron chi connectivity index (χ3n) is 2.46. The summed E-state index contributed by atoms with van der Waals surface area (Å²) in [4.78, 5) is 0. The highest BCUT2D eigenvalue weighted by molar-refractivity contribution is 5.62. The van der Waals surface area contributed by atoms with Gasteiger partial charge >= 0.3 is 0 Å². The van der Waals surface area contributed by atoms with Crippen LogP contribution in [0.2, 0.25) is 0 Å². The summed E-state index contributed by atoms with van der Waals surface area (Å²) >= 11 is 0. The molecule has 0 saturated carbocycles. The first kappa shape index (κ1) is 7.59. The van der Waals surface area contributed by atoms with Gasteiger partial charge in [0.2, 0.25) is 0 Å². The van der Waals surface area contributed by atoms with E-state index in [1.54, 1.807) is 0 Å². The first-order chi connectivity index (χ1) is 5.83. The van der Waals surface area contributed by atoms with Crippen LogP contribution in [-0.4, -0.2) is 13.2 Å². The summed E-state index contributed by atoms with van der Waals surface area (Å²) in [6.07, 6.45) is 0. The number of rotatable bonds is 1. The van der Waals surface area contributed by atoms with Crippen molar-refractivity contribution in [2.24, 2.45) is 0 Å². The maximum absolute atomic E-state index is 12.5. The first-order valence-corrected chi connectivity index (χ1v) is 4.22. The quantitative estimate of drug-likeness (QED) is 0.674. The van der Waals surface area contributed by atoms with E-state index in [4.69, 9.17) is 0 Å². The Balaban J connectivity index is 2.46. The Morgan fingerprint density at radius 1 is 1.58 bits per heavy atom. The van der Waals surface area contributed by atoms with Crippen LogP contribution >= 0.6 is 0 Å². The molecule has 2 rings (SSSR count). The van der Waals surface area contributed by atoms with Gasteiger partial charge in [-0.3, -0.25) is 4.39 Å². The van der Waals surface area contributed by atoms with Gasteiger partial charge in [0.05, 0.1) is 6.67 Å². The Hall–Kier alpha value is -1.05. The van der Waals surface area contributed by atoms with Crippen molar-refractivity contribution in [1.82, 2.24) is 0 Å². The first-order valence-electron chi connectivity index (χ1n) is 4.22. The maximum atomic E-state index is 12.5. The molecule has 1 aliphatic rings. The molecule has 0 saturated heterocycles. The molecule has 0 spiro atoms. The van der Waals surface area contributed by atoms with Crippen molar-refractivity contribution in [3.8, 4) is 0 Å². The van der Waals surface area contributed by atoms with Gasteiger partial charge in [-0.25, -0.2) is 0 Å². The average Bonchev–Trinajstić information content (AvgIpc) is 2.49. The van der Waals surface area contributed by atoms with E-state index in [0.717, 1.165) is 17.8 Å². The van der Waals surface area contributed by atoms with E-state index in [1.165, 1.54) is 5.56 Å². The fourth-order valence-electron chi connectivity index (χ4n) is 1.75. The molecule has 1 heterocycles. The molecule has 0 aliphatic carbocycles. The van der Waals surface area contributed by atoms with Gasteiger partial charge in [-0.2, -0.15) is 0 Å². The molecule has 12 heavy (non-hydrogen) atoms. The SMILES string of the molecule is Cc1cccc2c1NCC2CF. The van der Waals surface area contributed by atoms with Crippen LogP contribution in [0.5, 0.6) is 0 Å². The third-order valence-corrected chi connectivity index (χ3v) is 2.46. The predicted octanol–water partition coefficient (Wildman–Crippen LogP) is 2.47. The summed E-state index contributed by atoms with van der Waals surface area (Å²) in [7, 11) is 0. The van der Waals surface area contributed by atoms with Crippen LogP contribution < -0.4 is 5.32 Å². The average molecular weight is 165 g/mol. The minimum atomic E-state index is -0.260. The Morgan fingerprint density at radius 2 is 2.42 bits per heavy atom. The molecule has 2 heteroatoms. The van der Waals surface area contributed by atoms with Crippen LogP contribution in [0.25, 0.3) is 0 Å². The van der Waals surface area contributed by atoms with Crippen molar-refractivity contribution in [3.05, 3.63) is 29.3 Å². The summed E-state index contributed by atoms with van der Waals surface area (Å²) in [5.41, 5.74) is 3.49. The zero-order chi connectivity index (χ0) is 8.55. The predicted molar refractivity (Wildman–Crippen MR) is 48.4 cm³/mol. The van der Waals surface area contributed by atoms with Crippen molar-refractivity contribution in [2.75, 3.05) is 18.5 Å². The molecule has 1 unspecified atom stereocenters. The molecule has 0 fully saturated rings. The maximum Gasteiger partial charge on any atom is 0.0980 e. The molecular weight excluding hydrogens is 153 g/mol. The van der Waals surface area contributed by atoms with Gasteiger partial charge in [0.15, 0.2) is 0 Å². The minimum Gasteiger partial charge on any atom is -0.384 e. The normalized spacial score (nSPS) is 20.3. The lowest BCUT2D eigenvalue weighted by Gasteiger charge is -2.04. The Morgan fingerprint density at radius 3 is 3.17 bits per heavy atom. The van der Waals surface area contributed by atoms with Crippen LogP contribution in [0.1, 0.15) is 17.0 Å². The Kier molecular flexibility index (Phi) is 1.75. The second-order valence-electron chi connectivity index (χ2n) is 3.27. The fourth-order valence-corrected chi connectivity index (χ4v) is 1.75. The minimum absolute atomic E-state index is 0.0694. The second kappa shape index (κ2) is 2.77. The van der Waals surface area contributed by atoms with Crippen molar-refractivity contribution < 1.29 is 4.39 Å². The topological polar surface area (TPSA) is 12.0 Å². The number of fused-ring (bicyclic) bond motifs is 1. The number of hydrogen-bond acceptors (Lipinski definition) is 1. The van der Waals surface area contributed by atoms with E-state index in [0.29, 0.717) is 0 Å². The van der Waals surface area contributed by atoms with Crippen LogP contribution in [0.15, 0.2) is 18.2 Å². The number of hydrogen-bond donors (Lipinski definition) is 1. The van der Waals surface area contributed by atoms with E-state index < -0.39 is 0 Å². The van der Waals surface area contributed by atoms with Crippen molar-refractivity contribution in [2.45, 2.75) is 12.8 Å². The molecule has 1 aromatic rings. The number of aryl methyl sites for hydroxylation is 1. The molecule has 1 aliphatic heterocycles. The molecular formula is C10H12FN.